The molecular formula is C24H15N5O5. The van der Waals surface area contributed by atoms with Crippen LogP contribution in [0.1, 0.15) is 42.2 Å². The summed E-state index contributed by atoms with van der Waals surface area (Å²) in [5.41, 5.74) is 2.38. The number of rotatable bonds is 5. The molecule has 34 heavy (non-hydrogen) atoms. The summed E-state index contributed by atoms with van der Waals surface area (Å²) >= 11 is 0. The van der Waals surface area contributed by atoms with E-state index in [2.05, 4.69) is 20.8 Å². The van der Waals surface area contributed by atoms with E-state index in [9.17, 15) is 19.2 Å². The SMILES string of the molecule is O=C(COC(=O)c1ccc(-n2cnnn2)cc1)Nc1ccc2c(c1)C(=O)c1ccccc1C2=O. The van der Waals surface area contributed by atoms with Crippen LogP contribution in [-0.4, -0.2) is 50.3 Å². The summed E-state index contributed by atoms with van der Waals surface area (Å²) in [7, 11) is 0. The van der Waals surface area contributed by atoms with E-state index < -0.39 is 18.5 Å². The lowest BCUT2D eigenvalue weighted by Crippen LogP contribution is -2.23. The molecule has 0 atom stereocenters. The number of ketones is 2. The summed E-state index contributed by atoms with van der Waals surface area (Å²) in [5, 5.41) is 13.4. The van der Waals surface area contributed by atoms with Gasteiger partial charge in [0.1, 0.15) is 6.33 Å². The molecule has 1 N–H and O–H groups in total. The van der Waals surface area contributed by atoms with Crippen molar-refractivity contribution in [3.63, 3.8) is 0 Å². The molecule has 3 aromatic carbocycles. The third kappa shape index (κ3) is 3.84. The number of fused-ring (bicyclic) bond motifs is 2. The lowest BCUT2D eigenvalue weighted by atomic mass is 9.84. The summed E-state index contributed by atoms with van der Waals surface area (Å²) < 4.78 is 6.50. The van der Waals surface area contributed by atoms with Gasteiger partial charge < -0.3 is 10.1 Å². The number of aromatic nitrogens is 4. The van der Waals surface area contributed by atoms with Gasteiger partial charge in [-0.05, 0) is 52.9 Å². The number of ether oxygens (including phenoxy) is 1. The number of hydrogen-bond acceptors (Lipinski definition) is 8. The smallest absolute Gasteiger partial charge is 0.338 e. The Labute approximate surface area is 192 Å². The lowest BCUT2D eigenvalue weighted by Gasteiger charge is -2.18. The van der Waals surface area contributed by atoms with E-state index in [-0.39, 0.29) is 28.3 Å². The molecule has 4 aromatic rings. The van der Waals surface area contributed by atoms with Crippen molar-refractivity contribution < 1.29 is 23.9 Å². The van der Waals surface area contributed by atoms with E-state index in [1.54, 1.807) is 36.4 Å². The van der Waals surface area contributed by atoms with E-state index in [1.807, 2.05) is 0 Å². The van der Waals surface area contributed by atoms with Crippen LogP contribution in [0.25, 0.3) is 5.69 Å². The first kappa shape index (κ1) is 20.9. The van der Waals surface area contributed by atoms with Crippen LogP contribution in [0.2, 0.25) is 0 Å². The number of carbonyl (C=O) groups is 4. The minimum Gasteiger partial charge on any atom is -0.452 e. The Morgan fingerprint density at radius 3 is 2.21 bits per heavy atom. The number of tetrazole rings is 1. The molecule has 1 aliphatic rings. The summed E-state index contributed by atoms with van der Waals surface area (Å²) in [5.74, 6) is -1.81. The third-order valence-electron chi connectivity index (χ3n) is 5.26. The fraction of sp³-hybridized carbons (Fsp3) is 0.0417. The highest BCUT2D eigenvalue weighted by Crippen LogP contribution is 2.29. The van der Waals surface area contributed by atoms with E-state index in [0.717, 1.165) is 0 Å². The lowest BCUT2D eigenvalue weighted by molar-refractivity contribution is -0.119. The van der Waals surface area contributed by atoms with Crippen LogP contribution in [0.5, 0.6) is 0 Å². The molecule has 0 aliphatic heterocycles. The molecule has 1 heterocycles. The summed E-state index contributed by atoms with van der Waals surface area (Å²) in [6.07, 6.45) is 1.42. The second-order valence-corrected chi connectivity index (χ2v) is 7.39. The van der Waals surface area contributed by atoms with Gasteiger partial charge in [0, 0.05) is 27.9 Å². The number of carbonyl (C=O) groups excluding carboxylic acids is 4. The van der Waals surface area contributed by atoms with Crippen LogP contribution in [-0.2, 0) is 9.53 Å². The zero-order valence-corrected chi connectivity index (χ0v) is 17.5. The highest BCUT2D eigenvalue weighted by molar-refractivity contribution is 6.28. The van der Waals surface area contributed by atoms with Gasteiger partial charge in [0.05, 0.1) is 11.3 Å². The molecular weight excluding hydrogens is 438 g/mol. The quantitative estimate of drug-likeness (QED) is 0.401. The molecule has 1 aliphatic carbocycles. The highest BCUT2D eigenvalue weighted by atomic mass is 16.5. The first-order chi connectivity index (χ1) is 16.5. The Bertz CT molecular complexity index is 1450. The van der Waals surface area contributed by atoms with Gasteiger partial charge in [0.2, 0.25) is 0 Å². The van der Waals surface area contributed by atoms with Crippen LogP contribution in [0.4, 0.5) is 5.69 Å². The molecule has 1 amide bonds. The van der Waals surface area contributed by atoms with E-state index >= 15 is 0 Å². The Hall–Kier alpha value is -4.99. The number of amides is 1. The number of anilines is 1. The van der Waals surface area contributed by atoms with Gasteiger partial charge in [0.25, 0.3) is 5.91 Å². The Balaban J connectivity index is 1.23. The number of benzene rings is 3. The highest BCUT2D eigenvalue weighted by Gasteiger charge is 2.29. The zero-order chi connectivity index (χ0) is 23.7. The van der Waals surface area contributed by atoms with E-state index in [4.69, 9.17) is 4.74 Å². The third-order valence-corrected chi connectivity index (χ3v) is 5.26. The van der Waals surface area contributed by atoms with Gasteiger partial charge in [0.15, 0.2) is 18.2 Å². The Morgan fingerprint density at radius 2 is 1.53 bits per heavy atom. The second-order valence-electron chi connectivity index (χ2n) is 7.39. The van der Waals surface area contributed by atoms with Crippen molar-refractivity contribution >= 4 is 29.1 Å². The van der Waals surface area contributed by atoms with Gasteiger partial charge in [-0.1, -0.05) is 24.3 Å². The molecule has 0 bridgehead atoms. The van der Waals surface area contributed by atoms with Crippen LogP contribution in [0.3, 0.4) is 0 Å². The number of hydrogen-bond donors (Lipinski definition) is 1. The molecule has 0 saturated carbocycles. The van der Waals surface area contributed by atoms with Crippen LogP contribution in [0, 0.1) is 0 Å². The first-order valence-corrected chi connectivity index (χ1v) is 10.1. The van der Waals surface area contributed by atoms with Crippen LogP contribution in [0.15, 0.2) is 73.1 Å². The van der Waals surface area contributed by atoms with Gasteiger partial charge in [-0.2, -0.15) is 0 Å². The number of nitrogens with one attached hydrogen (secondary N) is 1. The van der Waals surface area contributed by atoms with Gasteiger partial charge in [-0.25, -0.2) is 9.48 Å². The van der Waals surface area contributed by atoms with Crippen molar-refractivity contribution in [1.82, 2.24) is 20.2 Å². The van der Waals surface area contributed by atoms with Crippen molar-refractivity contribution in [3.05, 3.63) is 101 Å². The van der Waals surface area contributed by atoms with E-state index in [1.165, 1.54) is 41.3 Å². The molecule has 10 nitrogen and oxygen atoms in total. The number of nitrogens with zero attached hydrogens (tertiary/aromatic N) is 4. The normalized spacial score (nSPS) is 12.0. The maximum absolute atomic E-state index is 12.8. The fourth-order valence-electron chi connectivity index (χ4n) is 3.62. The average molecular weight is 453 g/mol. The maximum Gasteiger partial charge on any atom is 0.338 e. The summed E-state index contributed by atoms with van der Waals surface area (Å²) in [4.78, 5) is 50.1. The summed E-state index contributed by atoms with van der Waals surface area (Å²) in [6.45, 7) is -0.527. The molecule has 0 spiro atoms. The van der Waals surface area contributed by atoms with Gasteiger partial charge >= 0.3 is 5.97 Å². The average Bonchev–Trinajstić information content (AvgIpc) is 3.41. The molecule has 5 rings (SSSR count). The molecule has 0 saturated heterocycles. The topological polar surface area (TPSA) is 133 Å². The fourth-order valence-corrected chi connectivity index (χ4v) is 3.62. The summed E-state index contributed by atoms with van der Waals surface area (Å²) in [6, 6.07) is 17.4. The Kier molecular flexibility index (Phi) is 5.23. The minimum atomic E-state index is -0.679. The van der Waals surface area contributed by atoms with Crippen molar-refractivity contribution in [2.45, 2.75) is 0 Å². The van der Waals surface area contributed by atoms with Crippen molar-refractivity contribution in [2.75, 3.05) is 11.9 Å². The minimum absolute atomic E-state index is 0.209. The standard InChI is InChI=1S/C24H15N5O5/c30-21(12-34-24(33)14-5-8-16(9-6-14)29-13-25-27-28-29)26-15-7-10-19-20(11-15)23(32)18-4-2-1-3-17(18)22(19)31/h1-11,13H,12H2,(H,26,30). The predicted molar refractivity (Wildman–Crippen MR) is 118 cm³/mol. The second kappa shape index (κ2) is 8.51. The maximum atomic E-state index is 12.8. The molecule has 1 aromatic heterocycles. The van der Waals surface area contributed by atoms with Crippen molar-refractivity contribution in [3.8, 4) is 5.69 Å². The monoisotopic (exact) mass is 453 g/mol. The molecule has 0 radical (unpaired) electrons. The van der Waals surface area contributed by atoms with Crippen molar-refractivity contribution in [1.29, 1.82) is 0 Å². The molecule has 10 heteroatoms. The Morgan fingerprint density at radius 1 is 0.853 bits per heavy atom. The van der Waals surface area contributed by atoms with E-state index in [0.29, 0.717) is 22.5 Å². The first-order valence-electron chi connectivity index (χ1n) is 10.1. The van der Waals surface area contributed by atoms with Gasteiger partial charge in [-0.3, -0.25) is 14.4 Å². The number of esters is 1. The largest absolute Gasteiger partial charge is 0.452 e. The molecule has 166 valence electrons. The van der Waals surface area contributed by atoms with Crippen LogP contribution < -0.4 is 5.32 Å². The van der Waals surface area contributed by atoms with Crippen LogP contribution >= 0.6 is 0 Å². The predicted octanol–water partition coefficient (Wildman–Crippen LogP) is 2.23. The molecule has 0 unspecified atom stereocenters. The van der Waals surface area contributed by atoms with Gasteiger partial charge in [-0.15, -0.1) is 5.10 Å². The molecule has 0 fully saturated rings. The zero-order valence-electron chi connectivity index (χ0n) is 17.5. The van der Waals surface area contributed by atoms with Crippen molar-refractivity contribution in [2.24, 2.45) is 0 Å².